The molecular formula is C35H35Cl4N3O3. The Morgan fingerprint density at radius 1 is 0.867 bits per heavy atom. The van der Waals surface area contributed by atoms with Crippen LogP contribution in [0.1, 0.15) is 27.8 Å². The second kappa shape index (κ2) is 16.3. The van der Waals surface area contributed by atoms with Gasteiger partial charge in [0, 0.05) is 51.3 Å². The highest BCUT2D eigenvalue weighted by molar-refractivity contribution is 6.42. The molecule has 0 radical (unpaired) electrons. The largest absolute Gasteiger partial charge is 0.492 e. The van der Waals surface area contributed by atoms with E-state index in [2.05, 4.69) is 41.1 Å². The number of aromatic nitrogens is 1. The van der Waals surface area contributed by atoms with Crippen LogP contribution in [0.2, 0.25) is 15.1 Å². The fourth-order valence-corrected chi connectivity index (χ4v) is 5.57. The van der Waals surface area contributed by atoms with Crippen molar-refractivity contribution in [1.82, 2.24) is 14.8 Å². The lowest BCUT2D eigenvalue weighted by molar-refractivity contribution is -0.127. The quantitative estimate of drug-likeness (QED) is 0.156. The van der Waals surface area contributed by atoms with Crippen molar-refractivity contribution in [2.24, 2.45) is 0 Å². The lowest BCUT2D eigenvalue weighted by atomic mass is 10.1. The Balaban J connectivity index is 0.00000461. The second-order valence-corrected chi connectivity index (χ2v) is 12.1. The summed E-state index contributed by atoms with van der Waals surface area (Å²) in [6.45, 7) is 8.48. The number of aryl methyl sites for hydroxylation is 2. The molecule has 1 aliphatic rings. The Kier molecular flexibility index (Phi) is 12.6. The number of halogens is 4. The van der Waals surface area contributed by atoms with Gasteiger partial charge in [-0.2, -0.15) is 0 Å². The van der Waals surface area contributed by atoms with E-state index in [0.717, 1.165) is 36.3 Å². The Morgan fingerprint density at radius 3 is 2.27 bits per heavy atom. The van der Waals surface area contributed by atoms with Gasteiger partial charge in [-0.15, -0.1) is 12.4 Å². The van der Waals surface area contributed by atoms with Gasteiger partial charge < -0.3 is 14.4 Å². The molecule has 0 aliphatic carbocycles. The molecular weight excluding hydrogens is 652 g/mol. The van der Waals surface area contributed by atoms with Crippen LogP contribution < -0.4 is 9.47 Å². The molecule has 1 amide bonds. The van der Waals surface area contributed by atoms with Crippen molar-refractivity contribution < 1.29 is 14.3 Å². The lowest BCUT2D eigenvalue weighted by Gasteiger charge is -2.34. The van der Waals surface area contributed by atoms with Gasteiger partial charge in [0.2, 0.25) is 11.8 Å². The van der Waals surface area contributed by atoms with Crippen LogP contribution in [0.4, 0.5) is 0 Å². The zero-order chi connectivity index (χ0) is 31.1. The van der Waals surface area contributed by atoms with Crippen LogP contribution in [0.25, 0.3) is 6.08 Å². The average Bonchev–Trinajstić information content (AvgIpc) is 3.02. The van der Waals surface area contributed by atoms with Crippen LogP contribution in [0.5, 0.6) is 17.4 Å². The molecule has 0 spiro atoms. The molecule has 4 aromatic rings. The van der Waals surface area contributed by atoms with Crippen molar-refractivity contribution in [1.29, 1.82) is 0 Å². The van der Waals surface area contributed by atoms with Crippen molar-refractivity contribution in [3.05, 3.63) is 122 Å². The van der Waals surface area contributed by atoms with Gasteiger partial charge in [0.05, 0.1) is 27.9 Å². The number of rotatable bonds is 10. The van der Waals surface area contributed by atoms with Crippen LogP contribution >= 0.6 is 47.2 Å². The van der Waals surface area contributed by atoms with Gasteiger partial charge in [-0.05, 0) is 72.5 Å². The van der Waals surface area contributed by atoms with E-state index in [9.17, 15) is 4.79 Å². The standard InChI is InChI=1S/C35H34Cl3N3O3.ClH/c1-24-3-5-27(6-4-24)23-40-14-16-41(17-15-40)34(42)12-8-28-19-25(2)35(32(38)21-28)44-33-11-9-29(22-39-33)43-18-13-26-7-10-30(36)31(37)20-26;/h3-12,19-22H,13-18,23H2,1-2H3;1H/b12-8+;. The molecule has 1 aliphatic heterocycles. The minimum absolute atomic E-state index is 0. The summed E-state index contributed by atoms with van der Waals surface area (Å²) < 4.78 is 11.8. The minimum Gasteiger partial charge on any atom is -0.492 e. The number of hydrogen-bond donors (Lipinski definition) is 0. The van der Waals surface area contributed by atoms with Gasteiger partial charge in [0.15, 0.2) is 5.75 Å². The number of hydrogen-bond acceptors (Lipinski definition) is 5. The van der Waals surface area contributed by atoms with E-state index in [1.54, 1.807) is 42.6 Å². The fourth-order valence-electron chi connectivity index (χ4n) is 4.93. The Labute approximate surface area is 285 Å². The predicted molar refractivity (Wildman–Crippen MR) is 185 cm³/mol. The summed E-state index contributed by atoms with van der Waals surface area (Å²) in [5, 5.41) is 1.49. The van der Waals surface area contributed by atoms with E-state index < -0.39 is 0 Å². The maximum atomic E-state index is 12.9. The number of pyridine rings is 1. The number of ether oxygens (including phenoxy) is 2. The van der Waals surface area contributed by atoms with E-state index in [1.807, 2.05) is 30.0 Å². The van der Waals surface area contributed by atoms with Gasteiger partial charge in [-0.25, -0.2) is 4.98 Å². The van der Waals surface area contributed by atoms with E-state index in [-0.39, 0.29) is 18.3 Å². The summed E-state index contributed by atoms with van der Waals surface area (Å²) in [7, 11) is 0. The lowest BCUT2D eigenvalue weighted by Crippen LogP contribution is -2.47. The first kappa shape index (κ1) is 34.6. The van der Waals surface area contributed by atoms with Crippen molar-refractivity contribution in [3.8, 4) is 17.4 Å². The molecule has 1 aromatic heterocycles. The smallest absolute Gasteiger partial charge is 0.246 e. The van der Waals surface area contributed by atoms with Gasteiger partial charge >= 0.3 is 0 Å². The molecule has 10 heteroatoms. The highest BCUT2D eigenvalue weighted by Crippen LogP contribution is 2.34. The zero-order valence-electron chi connectivity index (χ0n) is 25.1. The summed E-state index contributed by atoms with van der Waals surface area (Å²) in [5.41, 5.74) is 5.25. The summed E-state index contributed by atoms with van der Waals surface area (Å²) in [6, 6.07) is 21.4. The molecule has 45 heavy (non-hydrogen) atoms. The van der Waals surface area contributed by atoms with Crippen molar-refractivity contribution in [2.45, 2.75) is 26.8 Å². The van der Waals surface area contributed by atoms with Gasteiger partial charge in [-0.1, -0.05) is 70.7 Å². The van der Waals surface area contributed by atoms with Crippen molar-refractivity contribution in [2.75, 3.05) is 32.8 Å². The van der Waals surface area contributed by atoms with E-state index in [0.29, 0.717) is 58.6 Å². The minimum atomic E-state index is -0.00226. The summed E-state index contributed by atoms with van der Waals surface area (Å²) in [4.78, 5) is 21.5. The maximum Gasteiger partial charge on any atom is 0.246 e. The van der Waals surface area contributed by atoms with Crippen molar-refractivity contribution >= 4 is 59.2 Å². The first-order valence-corrected chi connectivity index (χ1v) is 15.6. The number of amides is 1. The molecule has 0 unspecified atom stereocenters. The number of piperazine rings is 1. The van der Waals surface area contributed by atoms with E-state index in [1.165, 1.54) is 11.1 Å². The monoisotopic (exact) mass is 685 g/mol. The summed E-state index contributed by atoms with van der Waals surface area (Å²) in [6.07, 6.45) is 5.70. The molecule has 1 fully saturated rings. The normalized spacial score (nSPS) is 13.5. The first-order chi connectivity index (χ1) is 21.2. The van der Waals surface area contributed by atoms with Crippen LogP contribution in [0.3, 0.4) is 0 Å². The van der Waals surface area contributed by atoms with Crippen LogP contribution in [-0.4, -0.2) is 53.5 Å². The number of benzene rings is 3. The SMILES string of the molecule is Cc1ccc(CN2CCN(C(=O)/C=C/c3cc(C)c(Oc4ccc(OCCc5ccc(Cl)c(Cl)c5)cn4)c(Cl)c3)CC2)cc1.Cl. The third kappa shape index (κ3) is 9.86. The summed E-state index contributed by atoms with van der Waals surface area (Å²) >= 11 is 18.6. The molecule has 6 nitrogen and oxygen atoms in total. The summed E-state index contributed by atoms with van der Waals surface area (Å²) in [5.74, 6) is 1.53. The highest BCUT2D eigenvalue weighted by Gasteiger charge is 2.20. The molecule has 0 N–H and O–H groups in total. The van der Waals surface area contributed by atoms with E-state index in [4.69, 9.17) is 44.3 Å². The van der Waals surface area contributed by atoms with Gasteiger partial charge in [0.1, 0.15) is 5.75 Å². The highest BCUT2D eigenvalue weighted by atomic mass is 35.5. The zero-order valence-corrected chi connectivity index (χ0v) is 28.2. The van der Waals surface area contributed by atoms with Crippen LogP contribution in [0, 0.1) is 13.8 Å². The Morgan fingerprint density at radius 2 is 1.60 bits per heavy atom. The average molecular weight is 687 g/mol. The number of carbonyl (C=O) groups excluding carboxylic acids is 1. The Hall–Kier alpha value is -3.26. The Bertz CT molecular complexity index is 1600. The topological polar surface area (TPSA) is 54.9 Å². The van der Waals surface area contributed by atoms with Gasteiger partial charge in [0.25, 0.3) is 0 Å². The molecule has 0 saturated carbocycles. The number of carbonyl (C=O) groups is 1. The van der Waals surface area contributed by atoms with Crippen LogP contribution in [0.15, 0.2) is 79.0 Å². The molecule has 0 atom stereocenters. The molecule has 236 valence electrons. The van der Waals surface area contributed by atoms with E-state index >= 15 is 0 Å². The van der Waals surface area contributed by atoms with Crippen LogP contribution in [-0.2, 0) is 17.8 Å². The molecule has 5 rings (SSSR count). The molecule has 3 aromatic carbocycles. The van der Waals surface area contributed by atoms with Crippen molar-refractivity contribution in [3.63, 3.8) is 0 Å². The van der Waals surface area contributed by atoms with Gasteiger partial charge in [-0.3, -0.25) is 9.69 Å². The first-order valence-electron chi connectivity index (χ1n) is 14.5. The predicted octanol–water partition coefficient (Wildman–Crippen LogP) is 8.85. The third-order valence-corrected chi connectivity index (χ3v) is 8.46. The number of nitrogens with zero attached hydrogens (tertiary/aromatic N) is 3. The fraction of sp³-hybridized carbons (Fsp3) is 0.257. The third-order valence-electron chi connectivity index (χ3n) is 7.44. The molecule has 2 heterocycles. The maximum absolute atomic E-state index is 12.9. The molecule has 0 bridgehead atoms. The second-order valence-electron chi connectivity index (χ2n) is 10.9. The molecule has 1 saturated heterocycles.